The quantitative estimate of drug-likeness (QED) is 0.671. The van der Waals surface area contributed by atoms with Crippen LogP contribution >= 0.6 is 11.6 Å². The standard InChI is InChI=1S/C21H20ClN3O3/c1-12(15-7-9-16(10-8-15)21(27)28)24-20(26)19-13(2)23-14(3)25(19)18-6-4-5-17(22)11-18/h4-12H,1-3H3,(H,24,26)(H,27,28). The third-order valence-electron chi connectivity index (χ3n) is 4.51. The van der Waals surface area contributed by atoms with Gasteiger partial charge in [-0.25, -0.2) is 9.78 Å². The number of rotatable bonds is 5. The number of nitrogens with zero attached hydrogens (tertiary/aromatic N) is 2. The van der Waals surface area contributed by atoms with E-state index in [1.165, 1.54) is 12.1 Å². The van der Waals surface area contributed by atoms with Crippen molar-refractivity contribution in [3.63, 3.8) is 0 Å². The molecular weight excluding hydrogens is 378 g/mol. The van der Waals surface area contributed by atoms with Gasteiger partial charge in [-0.15, -0.1) is 0 Å². The lowest BCUT2D eigenvalue weighted by atomic mass is 10.1. The van der Waals surface area contributed by atoms with Gasteiger partial charge in [0.15, 0.2) is 0 Å². The Labute approximate surface area is 167 Å². The number of aryl methyl sites for hydroxylation is 2. The van der Waals surface area contributed by atoms with Gasteiger partial charge in [0.2, 0.25) is 0 Å². The monoisotopic (exact) mass is 397 g/mol. The Morgan fingerprint density at radius 1 is 1.14 bits per heavy atom. The van der Waals surface area contributed by atoms with Gasteiger partial charge in [0.1, 0.15) is 11.5 Å². The van der Waals surface area contributed by atoms with Gasteiger partial charge in [-0.2, -0.15) is 0 Å². The Kier molecular flexibility index (Phi) is 5.51. The smallest absolute Gasteiger partial charge is 0.335 e. The van der Waals surface area contributed by atoms with Crippen molar-refractivity contribution in [2.45, 2.75) is 26.8 Å². The Morgan fingerprint density at radius 3 is 2.43 bits per heavy atom. The fourth-order valence-corrected chi connectivity index (χ4v) is 3.31. The third kappa shape index (κ3) is 3.92. The topological polar surface area (TPSA) is 84.2 Å². The van der Waals surface area contributed by atoms with Crippen molar-refractivity contribution in [3.05, 3.63) is 81.9 Å². The summed E-state index contributed by atoms with van der Waals surface area (Å²) in [7, 11) is 0. The number of amides is 1. The number of hydrogen-bond donors (Lipinski definition) is 2. The van der Waals surface area contributed by atoms with Crippen molar-refractivity contribution in [1.29, 1.82) is 0 Å². The third-order valence-corrected chi connectivity index (χ3v) is 4.74. The molecule has 1 unspecified atom stereocenters. The van der Waals surface area contributed by atoms with E-state index in [4.69, 9.17) is 16.7 Å². The van der Waals surface area contributed by atoms with Gasteiger partial charge in [0.25, 0.3) is 5.91 Å². The highest BCUT2D eigenvalue weighted by Crippen LogP contribution is 2.22. The molecule has 1 aromatic heterocycles. The van der Waals surface area contributed by atoms with E-state index in [0.717, 1.165) is 11.3 Å². The Bertz CT molecular complexity index is 1040. The fourth-order valence-electron chi connectivity index (χ4n) is 3.13. The first-order valence-electron chi connectivity index (χ1n) is 8.74. The summed E-state index contributed by atoms with van der Waals surface area (Å²) in [6.07, 6.45) is 0. The van der Waals surface area contributed by atoms with Crippen LogP contribution in [0.4, 0.5) is 0 Å². The lowest BCUT2D eigenvalue weighted by Crippen LogP contribution is -2.29. The molecule has 0 saturated carbocycles. The maximum absolute atomic E-state index is 13.0. The van der Waals surface area contributed by atoms with Gasteiger partial charge in [0.05, 0.1) is 17.3 Å². The molecular formula is C21H20ClN3O3. The van der Waals surface area contributed by atoms with Gasteiger partial charge in [-0.1, -0.05) is 29.8 Å². The lowest BCUT2D eigenvalue weighted by molar-refractivity contribution is 0.0696. The van der Waals surface area contributed by atoms with Crippen LogP contribution in [0, 0.1) is 13.8 Å². The maximum Gasteiger partial charge on any atom is 0.335 e. The molecule has 144 valence electrons. The fraction of sp³-hybridized carbons (Fsp3) is 0.190. The molecule has 3 rings (SSSR count). The van der Waals surface area contributed by atoms with Gasteiger partial charge in [-0.05, 0) is 56.7 Å². The molecule has 1 heterocycles. The summed E-state index contributed by atoms with van der Waals surface area (Å²) in [6, 6.07) is 13.4. The van der Waals surface area contributed by atoms with Crippen LogP contribution in [0.1, 0.15) is 50.9 Å². The van der Waals surface area contributed by atoms with Crippen LogP contribution in [-0.4, -0.2) is 26.5 Å². The molecule has 7 heteroatoms. The summed E-state index contributed by atoms with van der Waals surface area (Å²) in [6.45, 7) is 5.46. The van der Waals surface area contributed by atoms with Gasteiger partial charge in [-0.3, -0.25) is 9.36 Å². The first-order chi connectivity index (χ1) is 13.3. The Hall–Kier alpha value is -3.12. The Morgan fingerprint density at radius 2 is 1.82 bits per heavy atom. The predicted octanol–water partition coefficient (Wildman–Crippen LogP) is 4.33. The summed E-state index contributed by atoms with van der Waals surface area (Å²) in [5.41, 5.74) is 2.82. The lowest BCUT2D eigenvalue weighted by Gasteiger charge is -2.17. The number of aromatic nitrogens is 2. The zero-order valence-corrected chi connectivity index (χ0v) is 16.5. The minimum Gasteiger partial charge on any atom is -0.478 e. The summed E-state index contributed by atoms with van der Waals surface area (Å²) < 4.78 is 1.77. The van der Waals surface area contributed by atoms with E-state index in [-0.39, 0.29) is 17.5 Å². The van der Waals surface area contributed by atoms with Crippen LogP contribution in [0.5, 0.6) is 0 Å². The summed E-state index contributed by atoms with van der Waals surface area (Å²) in [4.78, 5) is 28.5. The predicted molar refractivity (Wildman–Crippen MR) is 107 cm³/mol. The van der Waals surface area contributed by atoms with Crippen molar-refractivity contribution in [2.75, 3.05) is 0 Å². The summed E-state index contributed by atoms with van der Waals surface area (Å²) in [5.74, 6) is -0.573. The minimum atomic E-state index is -0.986. The minimum absolute atomic E-state index is 0.202. The molecule has 0 bridgehead atoms. The molecule has 28 heavy (non-hydrogen) atoms. The molecule has 2 aromatic carbocycles. The molecule has 0 radical (unpaired) electrons. The molecule has 0 aliphatic rings. The molecule has 1 amide bonds. The molecule has 3 aromatic rings. The first kappa shape index (κ1) is 19.6. The van der Waals surface area contributed by atoms with Crippen molar-refractivity contribution >= 4 is 23.5 Å². The molecule has 0 aliphatic carbocycles. The van der Waals surface area contributed by atoms with Gasteiger partial charge < -0.3 is 10.4 Å². The van der Waals surface area contributed by atoms with Crippen LogP contribution in [0.3, 0.4) is 0 Å². The van der Waals surface area contributed by atoms with E-state index < -0.39 is 5.97 Å². The normalized spacial score (nSPS) is 11.9. The van der Waals surface area contributed by atoms with E-state index in [0.29, 0.717) is 22.2 Å². The molecule has 0 fully saturated rings. The SMILES string of the molecule is Cc1nc(C)n(-c2cccc(Cl)c2)c1C(=O)NC(C)c1ccc(C(=O)O)cc1. The van der Waals surface area contributed by atoms with E-state index in [9.17, 15) is 9.59 Å². The van der Waals surface area contributed by atoms with E-state index >= 15 is 0 Å². The summed E-state index contributed by atoms with van der Waals surface area (Å²) >= 11 is 6.11. The zero-order chi connectivity index (χ0) is 20.4. The number of aromatic carboxylic acids is 1. The first-order valence-corrected chi connectivity index (χ1v) is 9.11. The highest BCUT2D eigenvalue weighted by molar-refractivity contribution is 6.30. The van der Waals surface area contributed by atoms with Crippen LogP contribution < -0.4 is 5.32 Å². The van der Waals surface area contributed by atoms with E-state index in [2.05, 4.69) is 10.3 Å². The molecule has 6 nitrogen and oxygen atoms in total. The second kappa shape index (κ2) is 7.86. The molecule has 0 spiro atoms. The molecule has 2 N–H and O–H groups in total. The van der Waals surface area contributed by atoms with Gasteiger partial charge >= 0.3 is 5.97 Å². The number of imidazole rings is 1. The van der Waals surface area contributed by atoms with Crippen molar-refractivity contribution in [3.8, 4) is 5.69 Å². The van der Waals surface area contributed by atoms with Crippen LogP contribution in [0.15, 0.2) is 48.5 Å². The van der Waals surface area contributed by atoms with Crippen molar-refractivity contribution < 1.29 is 14.7 Å². The number of nitrogens with one attached hydrogen (secondary N) is 1. The number of benzene rings is 2. The highest BCUT2D eigenvalue weighted by atomic mass is 35.5. The Balaban J connectivity index is 1.89. The number of halogens is 1. The largest absolute Gasteiger partial charge is 0.478 e. The number of carbonyl (C=O) groups excluding carboxylic acids is 1. The number of carboxylic acid groups (broad SMARTS) is 1. The number of hydrogen-bond acceptors (Lipinski definition) is 3. The van der Waals surface area contributed by atoms with E-state index in [1.54, 1.807) is 35.8 Å². The molecule has 0 saturated heterocycles. The molecule has 1 atom stereocenters. The van der Waals surface area contributed by atoms with Crippen molar-refractivity contribution in [1.82, 2.24) is 14.9 Å². The van der Waals surface area contributed by atoms with Crippen molar-refractivity contribution in [2.24, 2.45) is 0 Å². The second-order valence-electron chi connectivity index (χ2n) is 6.53. The number of carboxylic acids is 1. The zero-order valence-electron chi connectivity index (χ0n) is 15.7. The molecule has 0 aliphatic heterocycles. The number of carbonyl (C=O) groups is 2. The van der Waals surface area contributed by atoms with E-state index in [1.807, 2.05) is 26.0 Å². The van der Waals surface area contributed by atoms with Crippen LogP contribution in [0.25, 0.3) is 5.69 Å². The average molecular weight is 398 g/mol. The average Bonchev–Trinajstić information content (AvgIpc) is 2.95. The van der Waals surface area contributed by atoms with Crippen LogP contribution in [0.2, 0.25) is 5.02 Å². The maximum atomic E-state index is 13.0. The van der Waals surface area contributed by atoms with Crippen LogP contribution in [-0.2, 0) is 0 Å². The highest BCUT2D eigenvalue weighted by Gasteiger charge is 2.22. The second-order valence-corrected chi connectivity index (χ2v) is 6.97. The summed E-state index contributed by atoms with van der Waals surface area (Å²) in [5, 5.41) is 12.5. The van der Waals surface area contributed by atoms with Gasteiger partial charge in [0, 0.05) is 10.7 Å².